The van der Waals surface area contributed by atoms with Gasteiger partial charge in [-0.1, -0.05) is 25.4 Å². The van der Waals surface area contributed by atoms with Crippen molar-refractivity contribution in [1.29, 1.82) is 0 Å². The Morgan fingerprint density at radius 3 is 2.57 bits per heavy atom. The molecule has 2 nitrogen and oxygen atoms in total. The van der Waals surface area contributed by atoms with E-state index in [1.165, 1.54) is 25.7 Å². The van der Waals surface area contributed by atoms with Crippen LogP contribution in [-0.4, -0.2) is 9.55 Å². The number of hydrogen-bond donors (Lipinski definition) is 0. The number of imidazole rings is 1. The smallest absolute Gasteiger partial charge is 0.127 e. The SMILES string of the molecule is CC(Cl)c1nc2cc(Cl)ccc2n1C1CCC(C)(C)CC1. The van der Waals surface area contributed by atoms with Crippen molar-refractivity contribution >= 4 is 34.2 Å². The average molecular weight is 325 g/mol. The van der Waals surface area contributed by atoms with Crippen molar-refractivity contribution in [1.82, 2.24) is 9.55 Å². The molecule has 1 aromatic carbocycles. The molecule has 2 aromatic rings. The quantitative estimate of drug-likeness (QED) is 0.607. The molecule has 1 fully saturated rings. The maximum Gasteiger partial charge on any atom is 0.127 e. The van der Waals surface area contributed by atoms with E-state index >= 15 is 0 Å². The van der Waals surface area contributed by atoms with E-state index < -0.39 is 0 Å². The van der Waals surface area contributed by atoms with Gasteiger partial charge in [0.15, 0.2) is 0 Å². The summed E-state index contributed by atoms with van der Waals surface area (Å²) < 4.78 is 2.36. The number of fused-ring (bicyclic) bond motifs is 1. The van der Waals surface area contributed by atoms with Gasteiger partial charge < -0.3 is 4.57 Å². The number of halogens is 2. The monoisotopic (exact) mass is 324 g/mol. The van der Waals surface area contributed by atoms with E-state index in [9.17, 15) is 0 Å². The zero-order chi connectivity index (χ0) is 15.2. The summed E-state index contributed by atoms with van der Waals surface area (Å²) >= 11 is 12.5. The first-order chi connectivity index (χ1) is 9.87. The third kappa shape index (κ3) is 2.93. The minimum Gasteiger partial charge on any atom is -0.324 e. The van der Waals surface area contributed by atoms with Crippen LogP contribution in [-0.2, 0) is 0 Å². The molecule has 114 valence electrons. The fraction of sp³-hybridized carbons (Fsp3) is 0.588. The van der Waals surface area contributed by atoms with Gasteiger partial charge in [0.1, 0.15) is 5.82 Å². The Balaban J connectivity index is 2.06. The normalized spacial score (nSPS) is 20.8. The van der Waals surface area contributed by atoms with Crippen molar-refractivity contribution in [2.75, 3.05) is 0 Å². The molecular formula is C17H22Cl2N2. The molecule has 0 saturated heterocycles. The summed E-state index contributed by atoms with van der Waals surface area (Å²) in [7, 11) is 0. The molecule has 3 rings (SSSR count). The predicted molar refractivity (Wildman–Crippen MR) is 90.3 cm³/mol. The Labute approximate surface area is 136 Å². The topological polar surface area (TPSA) is 17.8 Å². The molecule has 4 heteroatoms. The summed E-state index contributed by atoms with van der Waals surface area (Å²) in [6, 6.07) is 6.45. The van der Waals surface area contributed by atoms with Crippen LogP contribution in [0.5, 0.6) is 0 Å². The first-order valence-electron chi connectivity index (χ1n) is 7.69. The highest BCUT2D eigenvalue weighted by molar-refractivity contribution is 6.31. The van der Waals surface area contributed by atoms with E-state index in [4.69, 9.17) is 28.2 Å². The van der Waals surface area contributed by atoms with Gasteiger partial charge in [0.05, 0.1) is 16.4 Å². The molecule has 0 bridgehead atoms. The Hall–Kier alpha value is -0.730. The largest absolute Gasteiger partial charge is 0.324 e. The van der Waals surface area contributed by atoms with Crippen LogP contribution in [0.2, 0.25) is 5.02 Å². The highest BCUT2D eigenvalue weighted by Gasteiger charge is 2.30. The van der Waals surface area contributed by atoms with Crippen molar-refractivity contribution in [2.24, 2.45) is 5.41 Å². The van der Waals surface area contributed by atoms with Crippen LogP contribution in [0, 0.1) is 5.41 Å². The second-order valence-electron chi connectivity index (χ2n) is 6.98. The Kier molecular flexibility index (Phi) is 3.96. The van der Waals surface area contributed by atoms with Crippen LogP contribution in [0.25, 0.3) is 11.0 Å². The van der Waals surface area contributed by atoms with Crippen molar-refractivity contribution < 1.29 is 0 Å². The summed E-state index contributed by atoms with van der Waals surface area (Å²) in [4.78, 5) is 4.73. The lowest BCUT2D eigenvalue weighted by Crippen LogP contribution is -2.24. The fourth-order valence-corrected chi connectivity index (χ4v) is 3.72. The van der Waals surface area contributed by atoms with Gasteiger partial charge >= 0.3 is 0 Å². The average Bonchev–Trinajstić information content (AvgIpc) is 2.77. The van der Waals surface area contributed by atoms with Gasteiger partial charge in [-0.2, -0.15) is 0 Å². The number of hydrogen-bond acceptors (Lipinski definition) is 1. The third-order valence-electron chi connectivity index (χ3n) is 4.71. The number of alkyl halides is 1. The first kappa shape index (κ1) is 15.2. The second-order valence-corrected chi connectivity index (χ2v) is 8.08. The number of aromatic nitrogens is 2. The van der Waals surface area contributed by atoms with Crippen LogP contribution in [0.15, 0.2) is 18.2 Å². The minimum absolute atomic E-state index is 0.0916. The second kappa shape index (κ2) is 5.48. The highest BCUT2D eigenvalue weighted by Crippen LogP contribution is 2.42. The first-order valence-corrected chi connectivity index (χ1v) is 8.50. The van der Waals surface area contributed by atoms with Crippen molar-refractivity contribution in [3.63, 3.8) is 0 Å². The Bertz CT molecular complexity index is 648. The summed E-state index contributed by atoms with van der Waals surface area (Å²) in [5, 5.41) is 0.636. The van der Waals surface area contributed by atoms with Gasteiger partial charge in [-0.3, -0.25) is 0 Å². The van der Waals surface area contributed by atoms with Gasteiger partial charge in [-0.25, -0.2) is 4.98 Å². The number of nitrogens with zero attached hydrogens (tertiary/aromatic N) is 2. The summed E-state index contributed by atoms with van der Waals surface area (Å²) in [5.74, 6) is 0.971. The minimum atomic E-state index is -0.0916. The van der Waals surface area contributed by atoms with Gasteiger partial charge in [-0.15, -0.1) is 11.6 Å². The molecule has 1 aromatic heterocycles. The van der Waals surface area contributed by atoms with Crippen LogP contribution in [0.1, 0.15) is 63.7 Å². The molecule has 0 aliphatic heterocycles. The maximum atomic E-state index is 6.38. The fourth-order valence-electron chi connectivity index (χ4n) is 3.40. The van der Waals surface area contributed by atoms with E-state index in [-0.39, 0.29) is 5.38 Å². The third-order valence-corrected chi connectivity index (χ3v) is 5.14. The summed E-state index contributed by atoms with van der Waals surface area (Å²) in [6.07, 6.45) is 4.89. The van der Waals surface area contributed by atoms with Crippen LogP contribution < -0.4 is 0 Å². The van der Waals surface area contributed by atoms with Crippen LogP contribution in [0.3, 0.4) is 0 Å². The molecule has 0 radical (unpaired) electrons. The van der Waals surface area contributed by atoms with Crippen LogP contribution in [0.4, 0.5) is 0 Å². The number of benzene rings is 1. The summed E-state index contributed by atoms with van der Waals surface area (Å²) in [5.41, 5.74) is 2.57. The molecule has 1 aliphatic carbocycles. The van der Waals surface area contributed by atoms with E-state index in [2.05, 4.69) is 24.5 Å². The molecule has 1 aliphatic rings. The van der Waals surface area contributed by atoms with Gasteiger partial charge in [0, 0.05) is 11.1 Å². The van der Waals surface area contributed by atoms with Gasteiger partial charge in [0.2, 0.25) is 0 Å². The van der Waals surface area contributed by atoms with E-state index in [1.54, 1.807) is 0 Å². The molecule has 0 amide bonds. The zero-order valence-electron chi connectivity index (χ0n) is 12.9. The lowest BCUT2D eigenvalue weighted by Gasteiger charge is -2.36. The van der Waals surface area contributed by atoms with Crippen LogP contribution >= 0.6 is 23.2 Å². The van der Waals surface area contributed by atoms with Gasteiger partial charge in [-0.05, 0) is 56.2 Å². The number of rotatable bonds is 2. The molecule has 0 spiro atoms. The lowest BCUT2D eigenvalue weighted by atomic mass is 9.75. The molecule has 1 saturated carbocycles. The lowest BCUT2D eigenvalue weighted by molar-refractivity contribution is 0.194. The van der Waals surface area contributed by atoms with Gasteiger partial charge in [0.25, 0.3) is 0 Å². The van der Waals surface area contributed by atoms with E-state index in [1.807, 2.05) is 19.1 Å². The molecule has 1 atom stereocenters. The highest BCUT2D eigenvalue weighted by atomic mass is 35.5. The van der Waals surface area contributed by atoms with E-state index in [0.717, 1.165) is 21.9 Å². The Morgan fingerprint density at radius 2 is 1.95 bits per heavy atom. The molecule has 1 heterocycles. The maximum absolute atomic E-state index is 6.38. The zero-order valence-corrected chi connectivity index (χ0v) is 14.4. The standard InChI is InChI=1S/C17H22Cl2N2/c1-11(18)16-20-14-10-12(19)4-5-15(14)21(16)13-6-8-17(2,3)9-7-13/h4-5,10-11,13H,6-9H2,1-3H3. The van der Waals surface area contributed by atoms with Crippen molar-refractivity contribution in [3.05, 3.63) is 29.0 Å². The molecule has 1 unspecified atom stereocenters. The molecule has 0 N–H and O–H groups in total. The summed E-state index contributed by atoms with van der Waals surface area (Å²) in [6.45, 7) is 6.72. The van der Waals surface area contributed by atoms with Crippen molar-refractivity contribution in [3.8, 4) is 0 Å². The molecular weight excluding hydrogens is 303 g/mol. The van der Waals surface area contributed by atoms with E-state index in [0.29, 0.717) is 11.5 Å². The van der Waals surface area contributed by atoms with Crippen molar-refractivity contribution in [2.45, 2.75) is 57.9 Å². The Morgan fingerprint density at radius 1 is 1.29 bits per heavy atom. The predicted octanol–water partition coefficient (Wildman–Crippen LogP) is 6.13. The molecule has 21 heavy (non-hydrogen) atoms.